The van der Waals surface area contributed by atoms with E-state index in [-0.39, 0.29) is 11.0 Å². The average molecular weight is 616 g/mol. The monoisotopic (exact) mass is 615 g/mol. The molecular weight excluding hydrogens is 574 g/mol. The molecule has 4 N–H and O–H groups in total. The Morgan fingerprint density at radius 2 is 1.79 bits per heavy atom. The van der Waals surface area contributed by atoms with E-state index in [1.165, 1.54) is 22.2 Å². The number of carbonyl (C=O) groups is 3. The van der Waals surface area contributed by atoms with Gasteiger partial charge in [-0.05, 0) is 77.3 Å². The lowest BCUT2D eigenvalue weighted by Gasteiger charge is -2.38. The molecule has 1 aliphatic rings. The number of aromatic nitrogens is 2. The Labute approximate surface area is 255 Å². The number of rotatable bonds is 13. The number of hydrogen-bond donors (Lipinski definition) is 4. The summed E-state index contributed by atoms with van der Waals surface area (Å²) < 4.78 is 6.00. The molecule has 0 radical (unpaired) electrons. The van der Waals surface area contributed by atoms with Crippen molar-refractivity contribution in [3.8, 4) is 0 Å². The third kappa shape index (κ3) is 9.02. The Kier molecular flexibility index (Phi) is 11.4. The standard InChI is InChI=1S/C25H33N3OS.C6H8O7/c1-5-29-18-25(11-10-22-15-20-7-6-13-26-23(20)30-22)12-14-28(17-25)24(3,4)21-9-8-19(2)27-16-21;7-3(8)1-6(13,5(11)12)2-4(9)10/h6-9,13,15-16H,5,10-12,14,17-18H2,1-4H3;13H,1-2H2,(H,7,8)(H,9,10)(H,11,12). The van der Waals surface area contributed by atoms with Gasteiger partial charge >= 0.3 is 17.9 Å². The Morgan fingerprint density at radius 3 is 2.35 bits per heavy atom. The third-order valence-corrected chi connectivity index (χ3v) is 9.11. The number of hydrogen-bond acceptors (Lipinski definition) is 9. The van der Waals surface area contributed by atoms with Crippen molar-refractivity contribution < 1.29 is 39.5 Å². The summed E-state index contributed by atoms with van der Waals surface area (Å²) in [5.41, 5.74) is -0.210. The average Bonchev–Trinajstić information content (AvgIpc) is 3.56. The highest BCUT2D eigenvalue weighted by molar-refractivity contribution is 7.18. The third-order valence-electron chi connectivity index (χ3n) is 7.99. The lowest BCUT2D eigenvalue weighted by atomic mass is 9.82. The van der Waals surface area contributed by atoms with Crippen molar-refractivity contribution in [2.24, 2.45) is 5.41 Å². The molecule has 0 aromatic carbocycles. The Balaban J connectivity index is 0.000000331. The highest BCUT2D eigenvalue weighted by Gasteiger charge is 2.44. The summed E-state index contributed by atoms with van der Waals surface area (Å²) in [5, 5.41) is 35.1. The van der Waals surface area contributed by atoms with E-state index in [0.717, 1.165) is 49.7 Å². The second kappa shape index (κ2) is 14.3. The van der Waals surface area contributed by atoms with Gasteiger partial charge in [-0.25, -0.2) is 9.78 Å². The van der Waals surface area contributed by atoms with E-state index in [1.807, 2.05) is 36.7 Å². The molecule has 0 bridgehead atoms. The number of thiophene rings is 1. The molecule has 3 aromatic rings. The molecule has 1 fully saturated rings. The van der Waals surface area contributed by atoms with Crippen LogP contribution in [-0.4, -0.2) is 85.1 Å². The zero-order chi connectivity index (χ0) is 31.8. The predicted molar refractivity (Wildman–Crippen MR) is 162 cm³/mol. The quantitative estimate of drug-likeness (QED) is 0.216. The van der Waals surface area contributed by atoms with Crippen molar-refractivity contribution in [1.29, 1.82) is 0 Å². The second-order valence-electron chi connectivity index (χ2n) is 11.6. The van der Waals surface area contributed by atoms with Gasteiger partial charge in [-0.15, -0.1) is 11.3 Å². The molecule has 12 heteroatoms. The smallest absolute Gasteiger partial charge is 0.336 e. The van der Waals surface area contributed by atoms with Crippen LogP contribution < -0.4 is 0 Å². The van der Waals surface area contributed by atoms with E-state index in [1.54, 1.807) is 0 Å². The molecule has 0 aliphatic carbocycles. The van der Waals surface area contributed by atoms with Gasteiger partial charge in [0, 0.05) is 52.5 Å². The number of carboxylic acid groups (broad SMARTS) is 3. The van der Waals surface area contributed by atoms with Crippen LogP contribution in [0.15, 0.2) is 42.7 Å². The van der Waals surface area contributed by atoms with E-state index in [2.05, 4.69) is 59.9 Å². The molecule has 1 saturated heterocycles. The largest absolute Gasteiger partial charge is 0.481 e. The van der Waals surface area contributed by atoms with Crippen LogP contribution in [0.1, 0.15) is 62.6 Å². The number of carboxylic acids is 3. The SMILES string of the molecule is CCOCC1(CCc2cc3cccnc3s2)CCN(C(C)(C)c2ccc(C)nc2)C1.O=C(O)CC(O)(CC(=O)O)C(=O)O. The fourth-order valence-electron chi connectivity index (χ4n) is 5.29. The summed E-state index contributed by atoms with van der Waals surface area (Å²) in [6.45, 7) is 12.6. The van der Waals surface area contributed by atoms with Crippen LogP contribution in [0, 0.1) is 12.3 Å². The van der Waals surface area contributed by atoms with Crippen LogP contribution >= 0.6 is 11.3 Å². The molecular formula is C31H41N3O8S. The van der Waals surface area contributed by atoms with Crippen molar-refractivity contribution in [2.45, 2.75) is 70.9 Å². The van der Waals surface area contributed by atoms with Crippen LogP contribution in [0.5, 0.6) is 0 Å². The van der Waals surface area contributed by atoms with Gasteiger partial charge in [0.2, 0.25) is 0 Å². The van der Waals surface area contributed by atoms with Crippen molar-refractivity contribution in [1.82, 2.24) is 14.9 Å². The summed E-state index contributed by atoms with van der Waals surface area (Å²) in [6, 6.07) is 10.8. The fraction of sp³-hybridized carbons (Fsp3) is 0.516. The minimum Gasteiger partial charge on any atom is -0.481 e. The van der Waals surface area contributed by atoms with Crippen molar-refractivity contribution in [3.05, 3.63) is 58.9 Å². The van der Waals surface area contributed by atoms with E-state index < -0.39 is 36.4 Å². The summed E-state index contributed by atoms with van der Waals surface area (Å²) in [7, 11) is 0. The molecule has 0 saturated carbocycles. The van der Waals surface area contributed by atoms with E-state index in [9.17, 15) is 14.4 Å². The van der Waals surface area contributed by atoms with Gasteiger partial charge in [0.05, 0.1) is 19.4 Å². The maximum Gasteiger partial charge on any atom is 0.336 e. The van der Waals surface area contributed by atoms with Crippen LogP contribution in [0.3, 0.4) is 0 Å². The fourth-order valence-corrected chi connectivity index (χ4v) is 6.29. The summed E-state index contributed by atoms with van der Waals surface area (Å²) in [4.78, 5) is 44.7. The van der Waals surface area contributed by atoms with E-state index in [0.29, 0.717) is 0 Å². The first kappa shape index (κ1) is 34.0. The molecule has 4 heterocycles. The van der Waals surface area contributed by atoms with Gasteiger partial charge in [0.1, 0.15) is 4.83 Å². The summed E-state index contributed by atoms with van der Waals surface area (Å²) in [5.74, 6) is -5.02. The highest BCUT2D eigenvalue weighted by atomic mass is 32.1. The molecule has 11 nitrogen and oxygen atoms in total. The Hall–Kier alpha value is -3.45. The van der Waals surface area contributed by atoms with Gasteiger partial charge in [0.15, 0.2) is 5.60 Å². The summed E-state index contributed by atoms with van der Waals surface area (Å²) >= 11 is 1.83. The molecule has 0 amide bonds. The van der Waals surface area contributed by atoms with Gasteiger partial charge < -0.3 is 25.2 Å². The van der Waals surface area contributed by atoms with Crippen LogP contribution in [0.25, 0.3) is 10.2 Å². The summed E-state index contributed by atoms with van der Waals surface area (Å²) in [6.07, 6.45) is 5.06. The zero-order valence-corrected chi connectivity index (χ0v) is 25.9. The number of pyridine rings is 2. The molecule has 1 atom stereocenters. The molecule has 4 rings (SSSR count). The highest BCUT2D eigenvalue weighted by Crippen LogP contribution is 2.42. The Morgan fingerprint density at radius 1 is 1.09 bits per heavy atom. The number of likely N-dealkylation sites (tertiary alicyclic amines) is 1. The molecule has 43 heavy (non-hydrogen) atoms. The maximum absolute atomic E-state index is 10.3. The maximum atomic E-state index is 10.3. The molecule has 3 aromatic heterocycles. The number of aliphatic hydroxyl groups is 1. The lowest BCUT2D eigenvalue weighted by Crippen LogP contribution is -2.42. The number of nitrogens with zero attached hydrogens (tertiary/aromatic N) is 3. The normalized spacial score (nSPS) is 17.4. The van der Waals surface area contributed by atoms with Crippen LogP contribution in [0.4, 0.5) is 0 Å². The van der Waals surface area contributed by atoms with Crippen molar-refractivity contribution >= 4 is 39.5 Å². The Bertz CT molecular complexity index is 1360. The van der Waals surface area contributed by atoms with E-state index >= 15 is 0 Å². The number of aliphatic carboxylic acids is 3. The topological polar surface area (TPSA) is 170 Å². The number of ether oxygens (including phenoxy) is 1. The first-order valence-corrected chi connectivity index (χ1v) is 15.0. The van der Waals surface area contributed by atoms with Crippen LogP contribution in [-0.2, 0) is 31.1 Å². The van der Waals surface area contributed by atoms with Crippen molar-refractivity contribution in [3.63, 3.8) is 0 Å². The van der Waals surface area contributed by atoms with E-state index in [4.69, 9.17) is 25.2 Å². The first-order valence-electron chi connectivity index (χ1n) is 14.2. The molecule has 1 aliphatic heterocycles. The van der Waals surface area contributed by atoms with Gasteiger partial charge in [-0.2, -0.15) is 0 Å². The molecule has 234 valence electrons. The lowest BCUT2D eigenvalue weighted by molar-refractivity contribution is -0.170. The van der Waals surface area contributed by atoms with Crippen molar-refractivity contribution in [2.75, 3.05) is 26.3 Å². The number of aryl methyl sites for hydroxylation is 2. The second-order valence-corrected chi connectivity index (χ2v) is 12.8. The predicted octanol–water partition coefficient (Wildman–Crippen LogP) is 4.35. The minimum atomic E-state index is -2.74. The minimum absolute atomic E-state index is 0.0316. The zero-order valence-electron chi connectivity index (χ0n) is 25.1. The molecule has 1 unspecified atom stereocenters. The van der Waals surface area contributed by atoms with Gasteiger partial charge in [-0.1, -0.05) is 12.1 Å². The molecule has 0 spiro atoms. The first-order chi connectivity index (χ1) is 20.2. The number of fused-ring (bicyclic) bond motifs is 1. The van der Waals surface area contributed by atoms with Crippen LogP contribution in [0.2, 0.25) is 0 Å². The van der Waals surface area contributed by atoms with Gasteiger partial charge in [-0.3, -0.25) is 19.5 Å². The van der Waals surface area contributed by atoms with Gasteiger partial charge in [0.25, 0.3) is 0 Å².